The summed E-state index contributed by atoms with van der Waals surface area (Å²) in [5, 5.41) is 11.0. The lowest BCUT2D eigenvalue weighted by Crippen LogP contribution is -2.58. The van der Waals surface area contributed by atoms with Gasteiger partial charge in [-0.3, -0.25) is 39.0 Å². The van der Waals surface area contributed by atoms with Crippen molar-refractivity contribution in [3.05, 3.63) is 71.8 Å². The fourth-order valence-corrected chi connectivity index (χ4v) is 6.68. The van der Waals surface area contributed by atoms with E-state index in [0.717, 1.165) is 11.1 Å². The molecular weight excluding hydrogens is 727 g/mol. The van der Waals surface area contributed by atoms with Crippen LogP contribution in [0, 0.1) is 5.92 Å². The zero-order valence-electron chi connectivity index (χ0n) is 31.6. The van der Waals surface area contributed by atoms with E-state index in [-0.39, 0.29) is 44.6 Å². The number of hydrogen-bond acceptors (Lipinski definition) is 10. The topological polar surface area (TPSA) is 261 Å². The number of amides is 7. The van der Waals surface area contributed by atoms with Crippen LogP contribution in [-0.4, -0.2) is 101 Å². The number of hydrogen-bond donors (Lipinski definition) is 8. The minimum absolute atomic E-state index is 0.0117. The summed E-state index contributed by atoms with van der Waals surface area (Å²) in [6.07, 6.45) is 2.72. The standard InChI is InChI=1S/C38H55N9O7S/c1-23(2)20-31(37(53)42-27(17-19-55-3)36(52)46-41)47-18-16-28(38(47)54)43-34(50)30(22-25-12-8-5-9-13-25)45-35(51)29(21-24-10-6-4-7-11-24)44-33(49)26(39)14-15-32(40)48/h4-13,23,26-31H,14-22,39,41H2,1-3H3,(H2,40,48)(H,42,53)(H,43,50)(H,44,49)(H,45,51)(H,46,52)/t26-,27-,28+,29-,30-,31-/m0/s1. The van der Waals surface area contributed by atoms with Crippen molar-refractivity contribution in [1.82, 2.24) is 31.6 Å². The first kappa shape index (κ1) is 44.4. The van der Waals surface area contributed by atoms with E-state index >= 15 is 0 Å². The van der Waals surface area contributed by atoms with E-state index in [2.05, 4.69) is 26.7 Å². The number of carbonyl (C=O) groups is 7. The number of primary amides is 1. The predicted molar refractivity (Wildman–Crippen MR) is 209 cm³/mol. The second-order valence-corrected chi connectivity index (χ2v) is 15.0. The van der Waals surface area contributed by atoms with Gasteiger partial charge in [-0.15, -0.1) is 0 Å². The molecule has 0 aliphatic carbocycles. The summed E-state index contributed by atoms with van der Waals surface area (Å²) in [6.45, 7) is 4.00. The molecule has 0 spiro atoms. The first-order valence-corrected chi connectivity index (χ1v) is 19.8. The Morgan fingerprint density at radius 2 is 1.33 bits per heavy atom. The molecule has 6 atom stereocenters. The van der Waals surface area contributed by atoms with Crippen LogP contribution < -0.4 is 44.0 Å². The summed E-state index contributed by atoms with van der Waals surface area (Å²) in [4.78, 5) is 93.6. The van der Waals surface area contributed by atoms with Crippen molar-refractivity contribution in [2.75, 3.05) is 18.6 Å². The Morgan fingerprint density at radius 3 is 1.85 bits per heavy atom. The Balaban J connectivity index is 1.82. The summed E-state index contributed by atoms with van der Waals surface area (Å²) in [6, 6.07) is 11.7. The molecule has 16 nitrogen and oxygen atoms in total. The van der Waals surface area contributed by atoms with E-state index < -0.39 is 77.6 Å². The van der Waals surface area contributed by atoms with Gasteiger partial charge in [0.1, 0.15) is 30.2 Å². The molecule has 1 aliphatic heterocycles. The minimum atomic E-state index is -1.17. The van der Waals surface area contributed by atoms with Gasteiger partial charge in [0.05, 0.1) is 6.04 Å². The number of nitrogens with zero attached hydrogens (tertiary/aromatic N) is 1. The van der Waals surface area contributed by atoms with Crippen LogP contribution in [0.5, 0.6) is 0 Å². The molecule has 2 aromatic rings. The molecular formula is C38H55N9O7S. The molecule has 1 fully saturated rings. The zero-order chi connectivity index (χ0) is 40.5. The fourth-order valence-electron chi connectivity index (χ4n) is 6.21. The van der Waals surface area contributed by atoms with Crippen LogP contribution in [0.1, 0.15) is 57.1 Å². The van der Waals surface area contributed by atoms with E-state index in [4.69, 9.17) is 17.3 Å². The average Bonchev–Trinajstić information content (AvgIpc) is 3.52. The van der Waals surface area contributed by atoms with Gasteiger partial charge in [-0.1, -0.05) is 74.5 Å². The van der Waals surface area contributed by atoms with Crippen LogP contribution in [0.3, 0.4) is 0 Å². The Hall–Kier alpha value is -5.00. The maximum Gasteiger partial charge on any atom is 0.256 e. The van der Waals surface area contributed by atoms with E-state index in [1.165, 1.54) is 16.7 Å². The average molecular weight is 782 g/mol. The molecule has 0 bridgehead atoms. The molecule has 2 aromatic carbocycles. The molecule has 11 N–H and O–H groups in total. The van der Waals surface area contributed by atoms with Crippen molar-refractivity contribution in [1.29, 1.82) is 0 Å². The highest BCUT2D eigenvalue weighted by Gasteiger charge is 2.41. The first-order valence-electron chi connectivity index (χ1n) is 18.4. The lowest BCUT2D eigenvalue weighted by atomic mass is 10.0. The molecule has 0 aromatic heterocycles. The lowest BCUT2D eigenvalue weighted by Gasteiger charge is -2.30. The van der Waals surface area contributed by atoms with Crippen molar-refractivity contribution in [3.63, 3.8) is 0 Å². The molecule has 7 amide bonds. The van der Waals surface area contributed by atoms with Gasteiger partial charge in [-0.05, 0) is 54.7 Å². The Bertz CT molecular complexity index is 1620. The third-order valence-corrected chi connectivity index (χ3v) is 9.83. The molecule has 55 heavy (non-hydrogen) atoms. The van der Waals surface area contributed by atoms with Gasteiger partial charge in [0.25, 0.3) is 5.91 Å². The summed E-state index contributed by atoms with van der Waals surface area (Å²) in [5.74, 6) is 1.86. The van der Waals surface area contributed by atoms with Crippen LogP contribution >= 0.6 is 11.8 Å². The van der Waals surface area contributed by atoms with Crippen molar-refractivity contribution < 1.29 is 33.6 Å². The summed E-state index contributed by atoms with van der Waals surface area (Å²) in [7, 11) is 0. The summed E-state index contributed by atoms with van der Waals surface area (Å²) >= 11 is 1.51. The molecule has 1 aliphatic rings. The number of likely N-dealkylation sites (tertiary alicyclic amines) is 1. The smallest absolute Gasteiger partial charge is 0.256 e. The highest BCUT2D eigenvalue weighted by molar-refractivity contribution is 7.98. The van der Waals surface area contributed by atoms with E-state index in [1.54, 1.807) is 48.5 Å². The van der Waals surface area contributed by atoms with Gasteiger partial charge in [-0.2, -0.15) is 11.8 Å². The number of carbonyl (C=O) groups excluding carboxylic acids is 7. The van der Waals surface area contributed by atoms with Crippen molar-refractivity contribution in [3.8, 4) is 0 Å². The number of nitrogens with two attached hydrogens (primary N) is 3. The van der Waals surface area contributed by atoms with Gasteiger partial charge in [0.15, 0.2) is 0 Å². The highest BCUT2D eigenvalue weighted by Crippen LogP contribution is 2.21. The molecule has 1 saturated heterocycles. The molecule has 0 unspecified atom stereocenters. The Kier molecular flexibility index (Phi) is 18.1. The molecule has 0 saturated carbocycles. The van der Waals surface area contributed by atoms with Crippen LogP contribution in [0.4, 0.5) is 0 Å². The van der Waals surface area contributed by atoms with Crippen LogP contribution in [0.15, 0.2) is 60.7 Å². The van der Waals surface area contributed by atoms with E-state index in [0.29, 0.717) is 18.6 Å². The van der Waals surface area contributed by atoms with Gasteiger partial charge >= 0.3 is 0 Å². The van der Waals surface area contributed by atoms with Crippen molar-refractivity contribution >= 4 is 53.1 Å². The van der Waals surface area contributed by atoms with Gasteiger partial charge in [-0.25, -0.2) is 5.84 Å². The number of rotatable bonds is 22. The Morgan fingerprint density at radius 1 is 0.782 bits per heavy atom. The van der Waals surface area contributed by atoms with Crippen LogP contribution in [0.2, 0.25) is 0 Å². The monoisotopic (exact) mass is 781 g/mol. The van der Waals surface area contributed by atoms with Crippen LogP contribution in [-0.2, 0) is 46.4 Å². The SMILES string of the molecule is CSCC[C@H](NC(=O)[C@H](CC(C)C)N1CC[C@@H](NC(=O)[C@H](Cc2ccccc2)NC(=O)[C@H](Cc2ccccc2)NC(=O)[C@@H](N)CCC(N)=O)C1=O)C(=O)NN. The highest BCUT2D eigenvalue weighted by atomic mass is 32.2. The first-order chi connectivity index (χ1) is 26.2. The zero-order valence-corrected chi connectivity index (χ0v) is 32.4. The molecule has 0 radical (unpaired) electrons. The molecule has 17 heteroatoms. The second kappa shape index (κ2) is 22.4. The Labute approximate surface area is 326 Å². The van der Waals surface area contributed by atoms with Gasteiger partial charge < -0.3 is 37.6 Å². The van der Waals surface area contributed by atoms with Gasteiger partial charge in [0.2, 0.25) is 35.4 Å². The van der Waals surface area contributed by atoms with Crippen molar-refractivity contribution in [2.24, 2.45) is 23.2 Å². The summed E-state index contributed by atoms with van der Waals surface area (Å²) in [5.41, 5.74) is 14.8. The molecule has 1 heterocycles. The van der Waals surface area contributed by atoms with Gasteiger partial charge in [0, 0.05) is 25.8 Å². The van der Waals surface area contributed by atoms with Crippen LogP contribution in [0.25, 0.3) is 0 Å². The molecule has 300 valence electrons. The number of nitrogens with one attached hydrogen (secondary N) is 5. The number of benzene rings is 2. The van der Waals surface area contributed by atoms with E-state index in [9.17, 15) is 33.6 Å². The fraction of sp³-hybridized carbons (Fsp3) is 0.500. The summed E-state index contributed by atoms with van der Waals surface area (Å²) < 4.78 is 0. The minimum Gasteiger partial charge on any atom is -0.370 e. The molecule has 3 rings (SSSR count). The predicted octanol–water partition coefficient (Wildman–Crippen LogP) is -0.606. The normalized spacial score (nSPS) is 16.7. The number of hydrazine groups is 1. The lowest BCUT2D eigenvalue weighted by molar-refractivity contribution is -0.141. The third kappa shape index (κ3) is 14.3. The maximum absolute atomic E-state index is 14.0. The third-order valence-electron chi connectivity index (χ3n) is 9.19. The number of thioether (sulfide) groups is 1. The van der Waals surface area contributed by atoms with Crippen molar-refractivity contribution in [2.45, 2.75) is 95.0 Å². The largest absolute Gasteiger partial charge is 0.370 e. The maximum atomic E-state index is 14.0. The second-order valence-electron chi connectivity index (χ2n) is 14.0. The van der Waals surface area contributed by atoms with E-state index in [1.807, 2.05) is 32.2 Å². The quantitative estimate of drug-likeness (QED) is 0.0427.